The van der Waals surface area contributed by atoms with Crippen molar-refractivity contribution < 1.29 is 9.47 Å². The van der Waals surface area contributed by atoms with E-state index in [2.05, 4.69) is 40.3 Å². The lowest BCUT2D eigenvalue weighted by Crippen LogP contribution is -2.45. The first kappa shape index (κ1) is 21.5. The van der Waals surface area contributed by atoms with E-state index in [9.17, 15) is 0 Å². The van der Waals surface area contributed by atoms with E-state index in [0.717, 1.165) is 44.1 Å². The van der Waals surface area contributed by atoms with Crippen molar-refractivity contribution in [2.75, 3.05) is 32.8 Å². The topological polar surface area (TPSA) is 46.6 Å². The molecule has 1 fully saturated rings. The van der Waals surface area contributed by atoms with Gasteiger partial charge in [-0.1, -0.05) is 19.1 Å². The van der Waals surface area contributed by atoms with Crippen molar-refractivity contribution in [3.8, 4) is 11.5 Å². The summed E-state index contributed by atoms with van der Waals surface area (Å²) in [7, 11) is 0. The summed E-state index contributed by atoms with van der Waals surface area (Å²) in [4.78, 5) is 6.79. The number of rotatable bonds is 8. The smallest absolute Gasteiger partial charge is 0.161 e. The van der Waals surface area contributed by atoms with Gasteiger partial charge in [-0.3, -0.25) is 9.88 Å². The molecule has 0 amide bonds. The molecule has 0 saturated carbocycles. The van der Waals surface area contributed by atoms with Crippen molar-refractivity contribution in [3.05, 3.63) is 53.9 Å². The summed E-state index contributed by atoms with van der Waals surface area (Å²) in [5, 5.41) is 3.50. The van der Waals surface area contributed by atoms with Crippen LogP contribution in [0.2, 0.25) is 0 Å². The highest BCUT2D eigenvalue weighted by atomic mass is 35.5. The third kappa shape index (κ3) is 5.83. The lowest BCUT2D eigenvalue weighted by molar-refractivity contribution is 0.153. The molecule has 1 saturated heterocycles. The van der Waals surface area contributed by atoms with Gasteiger partial charge in [-0.2, -0.15) is 0 Å². The Labute approximate surface area is 168 Å². The fraction of sp³-hybridized carbons (Fsp3) is 0.476. The molecular weight excluding hydrogens is 362 g/mol. The van der Waals surface area contributed by atoms with Crippen LogP contribution in [0.25, 0.3) is 0 Å². The molecule has 5 nitrogen and oxygen atoms in total. The van der Waals surface area contributed by atoms with Crippen molar-refractivity contribution >= 4 is 12.4 Å². The molecule has 27 heavy (non-hydrogen) atoms. The van der Waals surface area contributed by atoms with E-state index in [1.165, 1.54) is 11.1 Å². The molecule has 2 aromatic rings. The summed E-state index contributed by atoms with van der Waals surface area (Å²) >= 11 is 0. The molecule has 6 heteroatoms. The minimum Gasteiger partial charge on any atom is -0.490 e. The van der Waals surface area contributed by atoms with Gasteiger partial charge < -0.3 is 14.8 Å². The highest BCUT2D eigenvalue weighted by Crippen LogP contribution is 2.31. The first-order chi connectivity index (χ1) is 12.8. The van der Waals surface area contributed by atoms with Gasteiger partial charge in [0.15, 0.2) is 11.5 Å². The van der Waals surface area contributed by atoms with Crippen LogP contribution in [0.5, 0.6) is 11.5 Å². The molecule has 1 aromatic carbocycles. The Kier molecular flexibility index (Phi) is 8.85. The summed E-state index contributed by atoms with van der Waals surface area (Å²) in [5.41, 5.74) is 2.50. The van der Waals surface area contributed by atoms with Crippen LogP contribution in [-0.2, 0) is 6.54 Å². The number of aromatic nitrogens is 1. The Morgan fingerprint density at radius 1 is 1.19 bits per heavy atom. The SMILES string of the molecule is CCCOc1ccc(CN2CCNCC2c2cccnc2)cc1OCC.Cl. The number of hydrogen-bond acceptors (Lipinski definition) is 5. The van der Waals surface area contributed by atoms with Crippen LogP contribution in [0.3, 0.4) is 0 Å². The minimum atomic E-state index is 0. The van der Waals surface area contributed by atoms with Gasteiger partial charge in [-0.25, -0.2) is 0 Å². The molecule has 2 heterocycles. The average molecular weight is 392 g/mol. The van der Waals surface area contributed by atoms with Crippen molar-refractivity contribution in [2.24, 2.45) is 0 Å². The van der Waals surface area contributed by atoms with E-state index in [4.69, 9.17) is 9.47 Å². The van der Waals surface area contributed by atoms with Crippen LogP contribution in [0, 0.1) is 0 Å². The monoisotopic (exact) mass is 391 g/mol. The van der Waals surface area contributed by atoms with Crippen LogP contribution in [0.1, 0.15) is 37.4 Å². The fourth-order valence-electron chi connectivity index (χ4n) is 3.32. The van der Waals surface area contributed by atoms with E-state index >= 15 is 0 Å². The van der Waals surface area contributed by atoms with E-state index in [0.29, 0.717) is 19.3 Å². The molecule has 148 valence electrons. The maximum Gasteiger partial charge on any atom is 0.161 e. The number of pyridine rings is 1. The predicted molar refractivity (Wildman–Crippen MR) is 111 cm³/mol. The second-order valence-corrected chi connectivity index (χ2v) is 6.54. The van der Waals surface area contributed by atoms with Gasteiger partial charge in [0, 0.05) is 44.6 Å². The molecule has 0 bridgehead atoms. The van der Waals surface area contributed by atoms with Crippen molar-refractivity contribution in [1.29, 1.82) is 0 Å². The zero-order chi connectivity index (χ0) is 18.2. The normalized spacial score (nSPS) is 17.2. The third-order valence-corrected chi connectivity index (χ3v) is 4.58. The van der Waals surface area contributed by atoms with Crippen LogP contribution in [0.4, 0.5) is 0 Å². The molecule has 1 aliphatic heterocycles. The van der Waals surface area contributed by atoms with Crippen LogP contribution in [0.15, 0.2) is 42.7 Å². The highest BCUT2D eigenvalue weighted by molar-refractivity contribution is 5.85. The molecule has 0 spiro atoms. The number of nitrogens with one attached hydrogen (secondary N) is 1. The molecule has 0 radical (unpaired) electrons. The first-order valence-corrected chi connectivity index (χ1v) is 9.55. The molecule has 1 aliphatic rings. The standard InChI is InChI=1S/C21H29N3O2.ClH/c1-3-12-26-20-8-7-17(13-21(20)25-4-2)16-24-11-10-23-15-19(24)18-6-5-9-22-14-18;/h5-9,13-14,19,23H,3-4,10-12,15-16H2,1-2H3;1H. The lowest BCUT2D eigenvalue weighted by atomic mass is 10.0. The maximum atomic E-state index is 5.82. The summed E-state index contributed by atoms with van der Waals surface area (Å²) in [6.45, 7) is 9.31. The predicted octanol–water partition coefficient (Wildman–Crippen LogP) is 3.84. The Morgan fingerprint density at radius 2 is 2.07 bits per heavy atom. The van der Waals surface area contributed by atoms with Crippen molar-refractivity contribution in [2.45, 2.75) is 32.9 Å². The zero-order valence-electron chi connectivity index (χ0n) is 16.2. The summed E-state index contributed by atoms with van der Waals surface area (Å²) < 4.78 is 11.6. The maximum absolute atomic E-state index is 5.82. The Morgan fingerprint density at radius 3 is 2.81 bits per heavy atom. The third-order valence-electron chi connectivity index (χ3n) is 4.58. The fourth-order valence-corrected chi connectivity index (χ4v) is 3.32. The molecule has 1 unspecified atom stereocenters. The van der Waals surface area contributed by atoms with Gasteiger partial charge in [0.05, 0.1) is 13.2 Å². The average Bonchev–Trinajstić information content (AvgIpc) is 2.69. The van der Waals surface area contributed by atoms with Gasteiger partial charge in [0.2, 0.25) is 0 Å². The van der Waals surface area contributed by atoms with Crippen molar-refractivity contribution in [3.63, 3.8) is 0 Å². The Balaban J connectivity index is 0.00000261. The number of ether oxygens (including phenoxy) is 2. The van der Waals surface area contributed by atoms with Crippen LogP contribution >= 0.6 is 12.4 Å². The second kappa shape index (κ2) is 11.1. The largest absolute Gasteiger partial charge is 0.490 e. The van der Waals surface area contributed by atoms with Crippen LogP contribution < -0.4 is 14.8 Å². The van der Waals surface area contributed by atoms with Gasteiger partial charge in [-0.15, -0.1) is 12.4 Å². The second-order valence-electron chi connectivity index (χ2n) is 6.54. The molecular formula is C21H30ClN3O2. The summed E-state index contributed by atoms with van der Waals surface area (Å²) in [6.07, 6.45) is 4.78. The Hall–Kier alpha value is -1.82. The number of hydrogen-bond donors (Lipinski definition) is 1. The molecule has 1 N–H and O–H groups in total. The summed E-state index contributed by atoms with van der Waals surface area (Å²) in [6, 6.07) is 10.8. The number of nitrogens with zero attached hydrogens (tertiary/aromatic N) is 2. The van der Waals surface area contributed by atoms with Gasteiger partial charge in [0.1, 0.15) is 0 Å². The van der Waals surface area contributed by atoms with E-state index in [-0.39, 0.29) is 12.4 Å². The van der Waals surface area contributed by atoms with Crippen LogP contribution in [-0.4, -0.2) is 42.7 Å². The molecule has 1 atom stereocenters. The number of piperazine rings is 1. The lowest BCUT2D eigenvalue weighted by Gasteiger charge is -2.36. The van der Waals surface area contributed by atoms with E-state index in [1.54, 1.807) is 0 Å². The van der Waals surface area contributed by atoms with Gasteiger partial charge in [0.25, 0.3) is 0 Å². The molecule has 0 aliphatic carbocycles. The molecule has 1 aromatic heterocycles. The summed E-state index contributed by atoms with van der Waals surface area (Å²) in [5.74, 6) is 1.67. The Bertz CT molecular complexity index is 684. The quantitative estimate of drug-likeness (QED) is 0.740. The zero-order valence-corrected chi connectivity index (χ0v) is 17.0. The minimum absolute atomic E-state index is 0. The van der Waals surface area contributed by atoms with Gasteiger partial charge in [-0.05, 0) is 42.7 Å². The van der Waals surface area contributed by atoms with Gasteiger partial charge >= 0.3 is 0 Å². The number of benzene rings is 1. The number of halogens is 1. The molecule has 3 rings (SSSR count). The van der Waals surface area contributed by atoms with Crippen molar-refractivity contribution in [1.82, 2.24) is 15.2 Å². The first-order valence-electron chi connectivity index (χ1n) is 9.55. The van der Waals surface area contributed by atoms with E-state index < -0.39 is 0 Å². The van der Waals surface area contributed by atoms with E-state index in [1.807, 2.05) is 31.5 Å². The highest BCUT2D eigenvalue weighted by Gasteiger charge is 2.24.